The van der Waals surface area contributed by atoms with Gasteiger partial charge in [-0.05, 0) is 55.8 Å². The molecule has 0 bridgehead atoms. The number of carbonyl (C=O) groups excluding carboxylic acids is 1. The van der Waals surface area contributed by atoms with Gasteiger partial charge in [0, 0.05) is 48.3 Å². The smallest absolute Gasteiger partial charge is 0.195 e. The molecule has 0 spiro atoms. The zero-order valence-electron chi connectivity index (χ0n) is 17.5. The lowest BCUT2D eigenvalue weighted by Gasteiger charge is -2.26. The van der Waals surface area contributed by atoms with Crippen molar-refractivity contribution >= 4 is 16.7 Å². The number of benzene rings is 2. The van der Waals surface area contributed by atoms with Gasteiger partial charge >= 0.3 is 0 Å². The molecule has 4 rings (SSSR count). The fraction of sp³-hybridized carbons (Fsp3) is 0.375. The molecule has 0 N–H and O–H groups in total. The van der Waals surface area contributed by atoms with Gasteiger partial charge in [-0.3, -0.25) is 9.69 Å². The third-order valence-corrected chi connectivity index (χ3v) is 5.82. The molecule has 2 aromatic carbocycles. The average Bonchev–Trinajstić information content (AvgIpc) is 3.04. The third kappa shape index (κ3) is 4.11. The number of morpholine rings is 1. The van der Waals surface area contributed by atoms with Crippen LogP contribution in [0.15, 0.2) is 42.5 Å². The van der Waals surface area contributed by atoms with Crippen molar-refractivity contribution in [2.75, 3.05) is 40.0 Å². The molecule has 30 heavy (non-hydrogen) atoms. The van der Waals surface area contributed by atoms with Crippen molar-refractivity contribution in [3.05, 3.63) is 65.1 Å². The third-order valence-electron chi connectivity index (χ3n) is 5.82. The highest BCUT2D eigenvalue weighted by molar-refractivity contribution is 6.17. The van der Waals surface area contributed by atoms with Crippen LogP contribution in [-0.2, 0) is 11.3 Å². The lowest BCUT2D eigenvalue weighted by molar-refractivity contribution is 0.0369. The summed E-state index contributed by atoms with van der Waals surface area (Å²) in [7, 11) is 1.59. The van der Waals surface area contributed by atoms with Crippen molar-refractivity contribution in [3.63, 3.8) is 0 Å². The highest BCUT2D eigenvalue weighted by Crippen LogP contribution is 2.29. The van der Waals surface area contributed by atoms with Crippen molar-refractivity contribution in [3.8, 4) is 5.75 Å². The lowest BCUT2D eigenvalue weighted by atomic mass is 10.0. The Hall–Kier alpha value is -2.70. The Bertz CT molecular complexity index is 1040. The molecule has 0 unspecified atom stereocenters. The first-order valence-corrected chi connectivity index (χ1v) is 10.4. The molecule has 1 saturated heterocycles. The minimum atomic E-state index is -0.336. The molecular weight excluding hydrogens is 383 g/mol. The molecule has 0 atom stereocenters. The molecule has 3 aromatic rings. The zero-order valence-corrected chi connectivity index (χ0v) is 17.5. The molecule has 158 valence electrons. The summed E-state index contributed by atoms with van der Waals surface area (Å²) < 4.78 is 26.8. The number of hydrogen-bond acceptors (Lipinski definition) is 4. The van der Waals surface area contributed by atoms with Gasteiger partial charge in [0.25, 0.3) is 0 Å². The van der Waals surface area contributed by atoms with Gasteiger partial charge in [0.15, 0.2) is 5.78 Å². The normalized spacial score (nSPS) is 14.9. The second-order valence-electron chi connectivity index (χ2n) is 7.64. The molecule has 1 aliphatic heterocycles. The van der Waals surface area contributed by atoms with Crippen LogP contribution in [0.4, 0.5) is 4.39 Å². The number of aromatic nitrogens is 1. The van der Waals surface area contributed by atoms with E-state index in [-0.39, 0.29) is 11.6 Å². The Morgan fingerprint density at radius 2 is 1.83 bits per heavy atom. The van der Waals surface area contributed by atoms with E-state index < -0.39 is 0 Å². The van der Waals surface area contributed by atoms with Crippen LogP contribution < -0.4 is 4.74 Å². The number of halogens is 1. The van der Waals surface area contributed by atoms with Crippen LogP contribution in [0.5, 0.6) is 5.75 Å². The van der Waals surface area contributed by atoms with Crippen molar-refractivity contribution in [2.24, 2.45) is 0 Å². The fourth-order valence-electron chi connectivity index (χ4n) is 4.19. The summed E-state index contributed by atoms with van der Waals surface area (Å²) in [4.78, 5) is 15.7. The molecule has 1 aromatic heterocycles. The van der Waals surface area contributed by atoms with Crippen molar-refractivity contribution < 1.29 is 18.7 Å². The van der Waals surface area contributed by atoms with E-state index in [2.05, 4.69) is 9.47 Å². The molecule has 1 fully saturated rings. The van der Waals surface area contributed by atoms with Crippen LogP contribution in [0.3, 0.4) is 0 Å². The van der Waals surface area contributed by atoms with E-state index in [0.29, 0.717) is 22.3 Å². The number of hydrogen-bond donors (Lipinski definition) is 0. The van der Waals surface area contributed by atoms with Gasteiger partial charge in [-0.1, -0.05) is 0 Å². The van der Waals surface area contributed by atoms with Gasteiger partial charge < -0.3 is 14.0 Å². The molecule has 6 heteroatoms. The van der Waals surface area contributed by atoms with E-state index in [9.17, 15) is 9.18 Å². The molecule has 2 heterocycles. The van der Waals surface area contributed by atoms with Gasteiger partial charge in [0.2, 0.25) is 0 Å². The Morgan fingerprint density at radius 3 is 2.53 bits per heavy atom. The lowest BCUT2D eigenvalue weighted by Crippen LogP contribution is -2.37. The Kier molecular flexibility index (Phi) is 6.16. The second kappa shape index (κ2) is 8.98. The van der Waals surface area contributed by atoms with Crippen LogP contribution in [0.25, 0.3) is 10.9 Å². The van der Waals surface area contributed by atoms with Crippen LogP contribution in [-0.4, -0.2) is 55.2 Å². The van der Waals surface area contributed by atoms with E-state index in [4.69, 9.17) is 9.47 Å². The number of carbonyl (C=O) groups is 1. The maximum Gasteiger partial charge on any atom is 0.195 e. The number of fused-ring (bicyclic) bond motifs is 1. The van der Waals surface area contributed by atoms with Gasteiger partial charge in [-0.2, -0.15) is 0 Å². The van der Waals surface area contributed by atoms with E-state index in [1.165, 1.54) is 12.1 Å². The van der Waals surface area contributed by atoms with Gasteiger partial charge in [0.1, 0.15) is 11.6 Å². The Labute approximate surface area is 176 Å². The summed E-state index contributed by atoms with van der Waals surface area (Å²) in [6.45, 7) is 7.18. The van der Waals surface area contributed by atoms with E-state index >= 15 is 0 Å². The van der Waals surface area contributed by atoms with Gasteiger partial charge in [-0.15, -0.1) is 0 Å². The highest BCUT2D eigenvalue weighted by Gasteiger charge is 2.22. The molecule has 0 aliphatic carbocycles. The van der Waals surface area contributed by atoms with E-state index in [1.807, 2.05) is 6.92 Å². The monoisotopic (exact) mass is 410 g/mol. The maximum absolute atomic E-state index is 14.1. The molecule has 1 aliphatic rings. The van der Waals surface area contributed by atoms with E-state index in [0.717, 1.165) is 57.0 Å². The predicted octanol–water partition coefficient (Wildman–Crippen LogP) is 4.05. The summed E-state index contributed by atoms with van der Waals surface area (Å²) in [5.41, 5.74) is 2.91. The topological polar surface area (TPSA) is 43.7 Å². The van der Waals surface area contributed by atoms with Gasteiger partial charge in [0.05, 0.1) is 25.9 Å². The number of methoxy groups -OCH3 is 1. The first-order chi connectivity index (χ1) is 14.6. The average molecular weight is 410 g/mol. The molecular formula is C24H27FN2O3. The summed E-state index contributed by atoms with van der Waals surface area (Å²) in [5.74, 6) is 0.259. The molecule has 5 nitrogen and oxygen atoms in total. The Balaban J connectivity index is 1.64. The first kappa shape index (κ1) is 20.6. The zero-order chi connectivity index (χ0) is 21.1. The van der Waals surface area contributed by atoms with Crippen LogP contribution in [0, 0.1) is 12.7 Å². The van der Waals surface area contributed by atoms with Gasteiger partial charge in [-0.25, -0.2) is 4.39 Å². The number of ether oxygens (including phenoxy) is 2. The standard InChI is InChI=1S/C24H27FN2O3/c1-17-23(24(28)18-4-7-20(29-2)8-5-18)21-16-19(25)6-9-22(21)27(17)11-3-10-26-12-14-30-15-13-26/h4-9,16H,3,10-15H2,1-2H3. The number of ketones is 1. The predicted molar refractivity (Wildman–Crippen MR) is 115 cm³/mol. The summed E-state index contributed by atoms with van der Waals surface area (Å²) in [6.07, 6.45) is 0.957. The van der Waals surface area contributed by atoms with Crippen molar-refractivity contribution in [1.29, 1.82) is 0 Å². The minimum Gasteiger partial charge on any atom is -0.497 e. The largest absolute Gasteiger partial charge is 0.497 e. The van der Waals surface area contributed by atoms with E-state index in [1.54, 1.807) is 37.4 Å². The van der Waals surface area contributed by atoms with Crippen LogP contribution in [0.2, 0.25) is 0 Å². The highest BCUT2D eigenvalue weighted by atomic mass is 19.1. The van der Waals surface area contributed by atoms with Crippen molar-refractivity contribution in [2.45, 2.75) is 19.9 Å². The number of nitrogens with zero attached hydrogens (tertiary/aromatic N) is 2. The summed E-state index contributed by atoms with van der Waals surface area (Å²) >= 11 is 0. The Morgan fingerprint density at radius 1 is 1.10 bits per heavy atom. The molecule has 0 saturated carbocycles. The fourth-order valence-corrected chi connectivity index (χ4v) is 4.19. The minimum absolute atomic E-state index is 0.0994. The molecule has 0 radical (unpaired) electrons. The SMILES string of the molecule is COc1ccc(C(=O)c2c(C)n(CCCN3CCOCC3)c3ccc(F)cc23)cc1. The van der Waals surface area contributed by atoms with Crippen LogP contribution in [0.1, 0.15) is 28.0 Å². The molecule has 0 amide bonds. The van der Waals surface area contributed by atoms with Crippen LogP contribution >= 0.6 is 0 Å². The summed E-state index contributed by atoms with van der Waals surface area (Å²) in [5, 5.41) is 0.666. The quantitative estimate of drug-likeness (QED) is 0.551. The second-order valence-corrected chi connectivity index (χ2v) is 7.64. The first-order valence-electron chi connectivity index (χ1n) is 10.4. The number of rotatable bonds is 7. The van der Waals surface area contributed by atoms with Crippen molar-refractivity contribution in [1.82, 2.24) is 9.47 Å². The number of aryl methyl sites for hydroxylation is 1. The summed E-state index contributed by atoms with van der Waals surface area (Å²) in [6, 6.07) is 11.7. The maximum atomic E-state index is 14.1.